The van der Waals surface area contributed by atoms with Crippen molar-refractivity contribution < 1.29 is 28.8 Å². The molecule has 14 heteroatoms. The number of piperidine rings is 2. The zero-order chi connectivity index (χ0) is 40.5. The fraction of sp³-hybridized carbons (Fsp3) is 0.432. The van der Waals surface area contributed by atoms with Gasteiger partial charge in [-0.05, 0) is 111 Å². The number of fused-ring (bicyclic) bond motifs is 2. The van der Waals surface area contributed by atoms with Crippen molar-refractivity contribution >= 4 is 64.1 Å². The number of amides is 6. The fourth-order valence-corrected chi connectivity index (χ4v) is 10.4. The monoisotopic (exact) mass is 801 g/mol. The molecular weight excluding hydrogens is 758 g/mol. The SMILES string of the molecule is [C-]#[N+]c1ccc(N2CC3(CCN(c4ccc(C(=O)N5CCN(C(=O)C6Cc7cc8c(cc7C6)C(=O)N(C6CCC(=O)NC6=O)C8=O)CC5)cc4)CC3)C[C@@H]2C)cc1Cl. The van der Waals surface area contributed by atoms with Gasteiger partial charge in [0.25, 0.3) is 17.7 Å². The highest BCUT2D eigenvalue weighted by molar-refractivity contribution is 6.33. The largest absolute Gasteiger partial charge is 0.371 e. The summed E-state index contributed by atoms with van der Waals surface area (Å²) in [7, 11) is 0. The molecule has 298 valence electrons. The zero-order valence-corrected chi connectivity index (χ0v) is 33.1. The second-order valence-electron chi connectivity index (χ2n) is 16.8. The summed E-state index contributed by atoms with van der Waals surface area (Å²) in [5.41, 5.74) is 5.65. The number of nitrogens with one attached hydrogen (secondary N) is 1. The van der Waals surface area contributed by atoms with Gasteiger partial charge in [-0.2, -0.15) is 0 Å². The molecule has 6 amide bonds. The van der Waals surface area contributed by atoms with Gasteiger partial charge < -0.3 is 19.6 Å². The van der Waals surface area contributed by atoms with Crippen LogP contribution >= 0.6 is 11.6 Å². The van der Waals surface area contributed by atoms with Crippen LogP contribution in [-0.2, 0) is 27.2 Å². The van der Waals surface area contributed by atoms with E-state index in [-0.39, 0.29) is 47.1 Å². The van der Waals surface area contributed by atoms with E-state index in [0.717, 1.165) is 66.3 Å². The minimum atomic E-state index is -1.02. The van der Waals surface area contributed by atoms with Crippen molar-refractivity contribution in [2.45, 2.75) is 64.0 Å². The van der Waals surface area contributed by atoms with Crippen LogP contribution in [0.2, 0.25) is 5.02 Å². The van der Waals surface area contributed by atoms with Crippen molar-refractivity contribution in [3.63, 3.8) is 0 Å². The summed E-state index contributed by atoms with van der Waals surface area (Å²) >= 11 is 6.38. The van der Waals surface area contributed by atoms with Crippen LogP contribution in [0, 0.1) is 17.9 Å². The van der Waals surface area contributed by atoms with Crippen LogP contribution in [0.15, 0.2) is 54.6 Å². The van der Waals surface area contributed by atoms with Crippen LogP contribution in [0.4, 0.5) is 17.1 Å². The molecule has 4 saturated heterocycles. The lowest BCUT2D eigenvalue weighted by Gasteiger charge is -2.40. The highest BCUT2D eigenvalue weighted by Gasteiger charge is 2.47. The number of hydrogen-bond donors (Lipinski definition) is 1. The number of rotatable bonds is 5. The number of hydrogen-bond acceptors (Lipinski definition) is 8. The molecule has 1 aliphatic carbocycles. The Morgan fingerprint density at radius 2 is 1.45 bits per heavy atom. The quantitative estimate of drug-likeness (QED) is 0.285. The van der Waals surface area contributed by atoms with Gasteiger partial charge in [0.15, 0.2) is 0 Å². The molecule has 1 N–H and O–H groups in total. The molecule has 3 aromatic rings. The molecule has 0 radical (unpaired) electrons. The highest BCUT2D eigenvalue weighted by Crippen LogP contribution is 2.46. The predicted molar refractivity (Wildman–Crippen MR) is 216 cm³/mol. The third-order valence-electron chi connectivity index (χ3n) is 13.4. The van der Waals surface area contributed by atoms with Crippen molar-refractivity contribution in [3.8, 4) is 0 Å². The van der Waals surface area contributed by atoms with E-state index in [4.69, 9.17) is 18.2 Å². The smallest absolute Gasteiger partial charge is 0.262 e. The summed E-state index contributed by atoms with van der Waals surface area (Å²) in [6, 6.07) is 16.4. The van der Waals surface area contributed by atoms with Crippen molar-refractivity contribution in [1.82, 2.24) is 20.0 Å². The number of imide groups is 2. The van der Waals surface area contributed by atoms with Gasteiger partial charge in [0.2, 0.25) is 23.4 Å². The molecule has 5 aliphatic heterocycles. The topological polar surface area (TPSA) is 135 Å². The van der Waals surface area contributed by atoms with Crippen LogP contribution in [0.1, 0.15) is 81.2 Å². The summed E-state index contributed by atoms with van der Waals surface area (Å²) in [5, 5.41) is 2.71. The number of carbonyl (C=O) groups excluding carboxylic acids is 6. The zero-order valence-electron chi connectivity index (χ0n) is 32.3. The van der Waals surface area contributed by atoms with Gasteiger partial charge in [0.05, 0.1) is 17.7 Å². The van der Waals surface area contributed by atoms with Crippen LogP contribution in [-0.4, -0.2) is 108 Å². The third kappa shape index (κ3) is 6.57. The molecular formula is C44H44ClN7O6. The second-order valence-corrected chi connectivity index (χ2v) is 17.2. The summed E-state index contributed by atoms with van der Waals surface area (Å²) in [4.78, 5) is 90.9. The Morgan fingerprint density at radius 1 is 0.828 bits per heavy atom. The van der Waals surface area contributed by atoms with E-state index in [0.29, 0.717) is 61.3 Å². The summed E-state index contributed by atoms with van der Waals surface area (Å²) in [6.07, 6.45) is 4.30. The minimum Gasteiger partial charge on any atom is -0.371 e. The average Bonchev–Trinajstić information content (AvgIpc) is 3.87. The van der Waals surface area contributed by atoms with E-state index in [9.17, 15) is 28.8 Å². The van der Waals surface area contributed by atoms with Crippen LogP contribution in [0.25, 0.3) is 4.85 Å². The van der Waals surface area contributed by atoms with Gasteiger partial charge in [-0.15, -0.1) is 0 Å². The first-order valence-electron chi connectivity index (χ1n) is 20.2. The molecule has 0 saturated carbocycles. The van der Waals surface area contributed by atoms with E-state index in [2.05, 4.69) is 26.9 Å². The first kappa shape index (κ1) is 37.8. The first-order chi connectivity index (χ1) is 27.9. The summed E-state index contributed by atoms with van der Waals surface area (Å²) in [6.45, 7) is 14.1. The molecule has 4 fully saturated rings. The maximum Gasteiger partial charge on any atom is 0.262 e. The fourth-order valence-electron chi connectivity index (χ4n) is 10.2. The molecule has 1 unspecified atom stereocenters. The molecule has 5 heterocycles. The second kappa shape index (κ2) is 14.6. The van der Waals surface area contributed by atoms with Gasteiger partial charge in [0, 0.05) is 86.2 Å². The summed E-state index contributed by atoms with van der Waals surface area (Å²) < 4.78 is 0. The Bertz CT molecular complexity index is 2260. The lowest BCUT2D eigenvalue weighted by molar-refractivity contribution is -0.137. The van der Waals surface area contributed by atoms with Crippen molar-refractivity contribution in [3.05, 3.63) is 98.9 Å². The molecule has 6 aliphatic rings. The van der Waals surface area contributed by atoms with E-state index in [1.165, 1.54) is 0 Å². The van der Waals surface area contributed by atoms with Gasteiger partial charge >= 0.3 is 0 Å². The highest BCUT2D eigenvalue weighted by atomic mass is 35.5. The van der Waals surface area contributed by atoms with Gasteiger partial charge in [-0.1, -0.05) is 17.7 Å². The van der Waals surface area contributed by atoms with Crippen molar-refractivity contribution in [1.29, 1.82) is 0 Å². The van der Waals surface area contributed by atoms with Gasteiger partial charge in [-0.3, -0.25) is 39.0 Å². The van der Waals surface area contributed by atoms with Crippen molar-refractivity contribution in [2.75, 3.05) is 55.6 Å². The molecule has 0 aromatic heterocycles. The Labute approximate surface area is 341 Å². The minimum absolute atomic E-state index is 0.00150. The lowest BCUT2D eigenvalue weighted by atomic mass is 9.76. The van der Waals surface area contributed by atoms with Crippen LogP contribution in [0.5, 0.6) is 0 Å². The molecule has 0 bridgehead atoms. The number of nitrogens with zero attached hydrogens (tertiary/aromatic N) is 6. The summed E-state index contributed by atoms with van der Waals surface area (Å²) in [5.74, 6) is -2.55. The average molecular weight is 802 g/mol. The van der Waals surface area contributed by atoms with Crippen molar-refractivity contribution in [2.24, 2.45) is 11.3 Å². The Hall–Kier alpha value is -5.74. The lowest BCUT2D eigenvalue weighted by Crippen LogP contribution is -2.54. The molecule has 58 heavy (non-hydrogen) atoms. The number of carbonyl (C=O) groups is 6. The Morgan fingerprint density at radius 3 is 2.05 bits per heavy atom. The molecule has 3 aromatic carbocycles. The molecule has 2 atom stereocenters. The maximum atomic E-state index is 13.7. The Balaban J connectivity index is 0.760. The Kier molecular flexibility index (Phi) is 9.50. The third-order valence-corrected chi connectivity index (χ3v) is 13.7. The van der Waals surface area contributed by atoms with Crippen LogP contribution in [0.3, 0.4) is 0 Å². The van der Waals surface area contributed by atoms with E-state index >= 15 is 0 Å². The predicted octanol–water partition coefficient (Wildman–Crippen LogP) is 4.88. The van der Waals surface area contributed by atoms with E-state index < -0.39 is 29.7 Å². The van der Waals surface area contributed by atoms with E-state index in [1.54, 1.807) is 17.0 Å². The van der Waals surface area contributed by atoms with Gasteiger partial charge in [-0.25, -0.2) is 4.85 Å². The van der Waals surface area contributed by atoms with Gasteiger partial charge in [0.1, 0.15) is 6.04 Å². The number of benzene rings is 3. The normalized spacial score (nSPS) is 23.0. The standard InChI is InChI=1S/C44H44ClN7O6/c1-26-24-44(25-51(26)32-7-8-36(46-2)35(45)23-32)11-13-48(14-12-44)31-5-3-27(4-6-31)40(55)49-15-17-50(18-16-49)41(56)30-19-28-21-33-34(22-29(28)20-30)43(58)52(42(33)57)37-9-10-38(53)47-39(37)54/h3-8,21-23,26,30,37H,9-20,24-25H2,1H3,(H,47,53,54)/t26-,37?/m0/s1. The van der Waals surface area contributed by atoms with E-state index in [1.807, 2.05) is 47.4 Å². The first-order valence-corrected chi connectivity index (χ1v) is 20.5. The van der Waals surface area contributed by atoms with Crippen LogP contribution < -0.4 is 15.1 Å². The number of piperazine rings is 1. The molecule has 9 rings (SSSR count). The maximum absolute atomic E-state index is 13.7. The number of anilines is 2. The molecule has 1 spiro atoms. The molecule has 13 nitrogen and oxygen atoms in total. The number of halogens is 1.